The van der Waals surface area contributed by atoms with E-state index in [9.17, 15) is 19.7 Å². The van der Waals surface area contributed by atoms with Gasteiger partial charge in [-0.3, -0.25) is 19.7 Å². The van der Waals surface area contributed by atoms with E-state index in [1.54, 1.807) is 24.0 Å². The van der Waals surface area contributed by atoms with Gasteiger partial charge in [-0.2, -0.15) is 0 Å². The molecule has 1 fully saturated rings. The Kier molecular flexibility index (Phi) is 5.86. The first-order valence-corrected chi connectivity index (χ1v) is 8.20. The molecule has 1 aliphatic heterocycles. The van der Waals surface area contributed by atoms with Crippen molar-refractivity contribution in [2.45, 2.75) is 19.8 Å². The van der Waals surface area contributed by atoms with Crippen LogP contribution in [0.2, 0.25) is 0 Å². The first kappa shape index (κ1) is 17.1. The number of carbonyl (C=O) groups is 2. The van der Waals surface area contributed by atoms with E-state index in [0.29, 0.717) is 37.4 Å². The van der Waals surface area contributed by atoms with Crippen molar-refractivity contribution in [1.29, 1.82) is 0 Å². The average Bonchev–Trinajstić information content (AvgIpc) is 3.02. The summed E-state index contributed by atoms with van der Waals surface area (Å²) >= 11 is 1.02. The van der Waals surface area contributed by atoms with E-state index in [2.05, 4.69) is 0 Å². The van der Waals surface area contributed by atoms with Crippen molar-refractivity contribution >= 4 is 34.3 Å². The van der Waals surface area contributed by atoms with Crippen LogP contribution in [0.5, 0.6) is 0 Å². The molecule has 0 bridgehead atoms. The fourth-order valence-corrected chi connectivity index (χ4v) is 3.11. The number of carbonyl (C=O) groups excluding carboxylic acids is 2. The summed E-state index contributed by atoms with van der Waals surface area (Å²) < 4.78 is 4.99. The molecule has 2 heterocycles. The quantitative estimate of drug-likeness (QED) is 0.356. The van der Waals surface area contributed by atoms with Crippen molar-refractivity contribution in [2.24, 2.45) is 5.92 Å². The largest absolute Gasteiger partial charge is 0.466 e. The number of hydrogen-bond donors (Lipinski definition) is 0. The van der Waals surface area contributed by atoms with Gasteiger partial charge in [0.05, 0.1) is 17.4 Å². The van der Waals surface area contributed by atoms with Crippen molar-refractivity contribution in [3.05, 3.63) is 33.2 Å². The SMILES string of the molecule is CCOC(=O)C1CCN(C(=O)/C=C/c2ccc([N+](=O)[O-])s2)CC1. The van der Waals surface area contributed by atoms with Gasteiger partial charge in [-0.05, 0) is 31.9 Å². The molecular weight excluding hydrogens is 320 g/mol. The van der Waals surface area contributed by atoms with Gasteiger partial charge in [0.15, 0.2) is 0 Å². The van der Waals surface area contributed by atoms with Crippen molar-refractivity contribution in [3.8, 4) is 0 Å². The number of hydrogen-bond acceptors (Lipinski definition) is 6. The molecule has 0 spiro atoms. The van der Waals surface area contributed by atoms with Gasteiger partial charge in [-0.15, -0.1) is 0 Å². The van der Waals surface area contributed by atoms with E-state index in [0.717, 1.165) is 11.3 Å². The number of ether oxygens (including phenoxy) is 1. The van der Waals surface area contributed by atoms with E-state index in [4.69, 9.17) is 4.74 Å². The van der Waals surface area contributed by atoms with Crippen LogP contribution < -0.4 is 0 Å². The van der Waals surface area contributed by atoms with E-state index >= 15 is 0 Å². The minimum atomic E-state index is -0.454. The van der Waals surface area contributed by atoms with Gasteiger partial charge >= 0.3 is 11.0 Å². The summed E-state index contributed by atoms with van der Waals surface area (Å²) in [6.07, 6.45) is 4.20. The Morgan fingerprint density at radius 3 is 2.70 bits per heavy atom. The second kappa shape index (κ2) is 7.87. The molecule has 1 amide bonds. The van der Waals surface area contributed by atoms with Gasteiger partial charge in [0.2, 0.25) is 5.91 Å². The highest BCUT2D eigenvalue weighted by Gasteiger charge is 2.27. The summed E-state index contributed by atoms with van der Waals surface area (Å²) in [7, 11) is 0. The van der Waals surface area contributed by atoms with Crippen LogP contribution in [-0.2, 0) is 14.3 Å². The lowest BCUT2D eigenvalue weighted by Crippen LogP contribution is -2.39. The standard InChI is InChI=1S/C15H18N2O5S/c1-2-22-15(19)11-7-9-16(10-8-11)13(18)5-3-12-4-6-14(23-12)17(20)21/h3-6,11H,2,7-10H2,1H3/b5-3+. The summed E-state index contributed by atoms with van der Waals surface area (Å²) in [5.41, 5.74) is 0. The minimum Gasteiger partial charge on any atom is -0.466 e. The fraction of sp³-hybridized carbons (Fsp3) is 0.467. The highest BCUT2D eigenvalue weighted by molar-refractivity contribution is 7.16. The Morgan fingerprint density at radius 2 is 2.13 bits per heavy atom. The minimum absolute atomic E-state index is 0.0485. The van der Waals surface area contributed by atoms with Crippen LogP contribution in [0.4, 0.5) is 5.00 Å². The maximum atomic E-state index is 12.1. The molecule has 124 valence electrons. The van der Waals surface area contributed by atoms with Crippen LogP contribution in [0.25, 0.3) is 6.08 Å². The molecule has 1 aromatic rings. The Balaban J connectivity index is 1.86. The normalized spacial score (nSPS) is 15.8. The van der Waals surface area contributed by atoms with Gasteiger partial charge < -0.3 is 9.64 Å². The van der Waals surface area contributed by atoms with E-state index in [-0.39, 0.29) is 22.8 Å². The van der Waals surface area contributed by atoms with Crippen molar-refractivity contribution in [3.63, 3.8) is 0 Å². The number of piperidine rings is 1. The van der Waals surface area contributed by atoms with Gasteiger partial charge in [0, 0.05) is 30.1 Å². The third-order valence-electron chi connectivity index (χ3n) is 3.61. The molecule has 0 aliphatic carbocycles. The molecule has 8 heteroatoms. The van der Waals surface area contributed by atoms with Crippen LogP contribution in [0.1, 0.15) is 24.6 Å². The molecule has 1 saturated heterocycles. The predicted octanol–water partition coefficient (Wildman–Crippen LogP) is 2.47. The number of esters is 1. The third-order valence-corrected chi connectivity index (χ3v) is 4.61. The summed E-state index contributed by atoms with van der Waals surface area (Å²) in [4.78, 5) is 36.2. The molecule has 0 saturated carbocycles. The second-order valence-corrected chi connectivity index (χ2v) is 6.21. The maximum Gasteiger partial charge on any atom is 0.324 e. The number of amides is 1. The Morgan fingerprint density at radius 1 is 1.43 bits per heavy atom. The third kappa shape index (κ3) is 4.62. The first-order chi connectivity index (χ1) is 11.0. The highest BCUT2D eigenvalue weighted by atomic mass is 32.1. The molecule has 23 heavy (non-hydrogen) atoms. The summed E-state index contributed by atoms with van der Waals surface area (Å²) in [6, 6.07) is 3.03. The molecule has 0 N–H and O–H groups in total. The number of nitrogens with zero attached hydrogens (tertiary/aromatic N) is 2. The first-order valence-electron chi connectivity index (χ1n) is 7.39. The molecule has 0 radical (unpaired) electrons. The van der Waals surface area contributed by atoms with Gasteiger partial charge in [0.25, 0.3) is 0 Å². The van der Waals surface area contributed by atoms with Crippen molar-refractivity contribution in [2.75, 3.05) is 19.7 Å². The fourth-order valence-electron chi connectivity index (χ4n) is 2.38. The number of rotatable bonds is 5. The summed E-state index contributed by atoms with van der Waals surface area (Å²) in [5, 5.41) is 10.7. The zero-order valence-electron chi connectivity index (χ0n) is 12.8. The highest BCUT2D eigenvalue weighted by Crippen LogP contribution is 2.25. The van der Waals surface area contributed by atoms with Crippen LogP contribution in [0.3, 0.4) is 0 Å². The number of thiophene rings is 1. The monoisotopic (exact) mass is 338 g/mol. The molecule has 1 aromatic heterocycles. The molecular formula is C15H18N2O5S. The average molecular weight is 338 g/mol. The zero-order chi connectivity index (χ0) is 16.8. The summed E-state index contributed by atoms with van der Waals surface area (Å²) in [6.45, 7) is 3.17. The number of nitro groups is 1. The van der Waals surface area contributed by atoms with Crippen molar-refractivity contribution in [1.82, 2.24) is 4.90 Å². The van der Waals surface area contributed by atoms with E-state index < -0.39 is 4.92 Å². The lowest BCUT2D eigenvalue weighted by molar-refractivity contribution is -0.380. The lowest BCUT2D eigenvalue weighted by atomic mass is 9.97. The molecule has 7 nitrogen and oxygen atoms in total. The number of likely N-dealkylation sites (tertiary alicyclic amines) is 1. The Bertz CT molecular complexity index is 617. The van der Waals surface area contributed by atoms with Gasteiger partial charge in [0.1, 0.15) is 0 Å². The molecule has 0 unspecified atom stereocenters. The Hall–Kier alpha value is -2.22. The van der Waals surface area contributed by atoms with Gasteiger partial charge in [-0.1, -0.05) is 11.3 Å². The molecule has 1 aliphatic rings. The summed E-state index contributed by atoms with van der Waals surface area (Å²) in [5.74, 6) is -0.479. The smallest absolute Gasteiger partial charge is 0.324 e. The maximum absolute atomic E-state index is 12.1. The molecule has 0 atom stereocenters. The van der Waals surface area contributed by atoms with E-state index in [1.165, 1.54) is 12.1 Å². The van der Waals surface area contributed by atoms with Crippen LogP contribution in [0.15, 0.2) is 18.2 Å². The topological polar surface area (TPSA) is 89.8 Å². The van der Waals surface area contributed by atoms with Gasteiger partial charge in [-0.25, -0.2) is 0 Å². The van der Waals surface area contributed by atoms with Crippen LogP contribution >= 0.6 is 11.3 Å². The Labute approximate surface area is 137 Å². The second-order valence-electron chi connectivity index (χ2n) is 5.12. The molecule has 0 aromatic carbocycles. The van der Waals surface area contributed by atoms with Crippen molar-refractivity contribution < 1.29 is 19.2 Å². The zero-order valence-corrected chi connectivity index (χ0v) is 13.6. The van der Waals surface area contributed by atoms with Crippen LogP contribution in [-0.4, -0.2) is 41.4 Å². The lowest BCUT2D eigenvalue weighted by Gasteiger charge is -2.30. The van der Waals surface area contributed by atoms with Crippen LogP contribution in [0, 0.1) is 16.0 Å². The van der Waals surface area contributed by atoms with E-state index in [1.807, 2.05) is 0 Å². The molecule has 2 rings (SSSR count). The predicted molar refractivity (Wildman–Crippen MR) is 85.9 cm³/mol.